The molecular weight excluding hydrogens is 241 g/mol. The van der Waals surface area contributed by atoms with Gasteiger partial charge in [-0.2, -0.15) is 0 Å². The number of aryl methyl sites for hydroxylation is 1. The van der Waals surface area contributed by atoms with E-state index < -0.39 is 16.6 Å². The molecule has 18 heavy (non-hydrogen) atoms. The zero-order valence-corrected chi connectivity index (χ0v) is 9.90. The fraction of sp³-hybridized carbons (Fsp3) is 0.364. The predicted molar refractivity (Wildman–Crippen MR) is 63.8 cm³/mol. The molecule has 1 aromatic carbocycles. The van der Waals surface area contributed by atoms with Crippen LogP contribution < -0.4 is 11.1 Å². The smallest absolute Gasteiger partial charge is 0.270 e. The van der Waals surface area contributed by atoms with Crippen LogP contribution >= 0.6 is 0 Å². The summed E-state index contributed by atoms with van der Waals surface area (Å²) in [6.45, 7) is 2.08. The molecule has 0 radical (unpaired) electrons. The molecule has 0 aromatic heterocycles. The number of hydrogen-bond acceptors (Lipinski definition) is 4. The minimum Gasteiger partial charge on any atom is -0.352 e. The van der Waals surface area contributed by atoms with Crippen LogP contribution in [-0.2, 0) is 0 Å². The first-order chi connectivity index (χ1) is 8.47. The largest absolute Gasteiger partial charge is 0.352 e. The summed E-state index contributed by atoms with van der Waals surface area (Å²) in [5, 5.41) is 13.1. The molecule has 0 bridgehead atoms. The third kappa shape index (κ3) is 3.24. The third-order valence-electron chi connectivity index (χ3n) is 2.36. The van der Waals surface area contributed by atoms with Crippen molar-refractivity contribution in [2.24, 2.45) is 5.73 Å². The summed E-state index contributed by atoms with van der Waals surface area (Å²) in [5.74, 6) is -1.42. The summed E-state index contributed by atoms with van der Waals surface area (Å²) < 4.78 is 13.7. The molecule has 1 amide bonds. The van der Waals surface area contributed by atoms with Crippen molar-refractivity contribution in [1.29, 1.82) is 0 Å². The molecule has 0 atom stereocenters. The van der Waals surface area contributed by atoms with Crippen LogP contribution in [0.5, 0.6) is 0 Å². The molecule has 0 aliphatic heterocycles. The van der Waals surface area contributed by atoms with Gasteiger partial charge in [-0.3, -0.25) is 14.9 Å². The van der Waals surface area contributed by atoms with Crippen molar-refractivity contribution in [1.82, 2.24) is 5.32 Å². The lowest BCUT2D eigenvalue weighted by Crippen LogP contribution is -2.27. The molecule has 7 heteroatoms. The van der Waals surface area contributed by atoms with E-state index in [0.29, 0.717) is 19.5 Å². The third-order valence-corrected chi connectivity index (χ3v) is 2.36. The Hall–Kier alpha value is -2.02. The molecule has 0 saturated heterocycles. The highest BCUT2D eigenvalue weighted by atomic mass is 19.1. The van der Waals surface area contributed by atoms with E-state index in [-0.39, 0.29) is 16.8 Å². The number of non-ortho nitro benzene ring substituents is 1. The zero-order valence-electron chi connectivity index (χ0n) is 9.90. The number of nitrogens with two attached hydrogens (primary N) is 1. The lowest BCUT2D eigenvalue weighted by Gasteiger charge is -2.07. The van der Waals surface area contributed by atoms with Gasteiger partial charge in [0.25, 0.3) is 11.6 Å². The normalized spacial score (nSPS) is 10.2. The average Bonchev–Trinajstić information content (AvgIpc) is 2.32. The number of hydrogen-bond donors (Lipinski definition) is 2. The van der Waals surface area contributed by atoms with Crippen molar-refractivity contribution in [3.63, 3.8) is 0 Å². The van der Waals surface area contributed by atoms with E-state index in [2.05, 4.69) is 5.32 Å². The zero-order chi connectivity index (χ0) is 13.7. The molecule has 0 fully saturated rings. The van der Waals surface area contributed by atoms with Gasteiger partial charge in [0.1, 0.15) is 5.82 Å². The molecule has 0 heterocycles. The van der Waals surface area contributed by atoms with Crippen LogP contribution in [0.25, 0.3) is 0 Å². The second-order valence-electron chi connectivity index (χ2n) is 3.78. The van der Waals surface area contributed by atoms with Crippen molar-refractivity contribution in [3.8, 4) is 0 Å². The van der Waals surface area contributed by atoms with Crippen molar-refractivity contribution in [2.45, 2.75) is 13.3 Å². The Balaban J connectivity index is 2.99. The van der Waals surface area contributed by atoms with Gasteiger partial charge in [-0.05, 0) is 25.5 Å². The van der Waals surface area contributed by atoms with Crippen molar-refractivity contribution < 1.29 is 14.1 Å². The molecule has 98 valence electrons. The summed E-state index contributed by atoms with van der Waals surface area (Å²) in [6, 6.07) is 2.02. The van der Waals surface area contributed by atoms with E-state index in [1.54, 1.807) is 0 Å². The number of amides is 1. The molecule has 0 saturated carbocycles. The van der Waals surface area contributed by atoms with Crippen molar-refractivity contribution in [3.05, 3.63) is 39.2 Å². The number of carbonyl (C=O) groups excluding carboxylic acids is 1. The number of halogens is 1. The topological polar surface area (TPSA) is 98.3 Å². The number of rotatable bonds is 5. The maximum atomic E-state index is 13.7. The number of benzene rings is 1. The van der Waals surface area contributed by atoms with Gasteiger partial charge in [-0.1, -0.05) is 0 Å². The molecule has 0 aliphatic carbocycles. The van der Waals surface area contributed by atoms with Crippen LogP contribution in [0.2, 0.25) is 0 Å². The van der Waals surface area contributed by atoms with Gasteiger partial charge in [0, 0.05) is 18.7 Å². The Kier molecular flexibility index (Phi) is 4.73. The number of nitrogens with zero attached hydrogens (tertiary/aromatic N) is 1. The fourth-order valence-corrected chi connectivity index (χ4v) is 1.42. The van der Waals surface area contributed by atoms with E-state index in [1.807, 2.05) is 0 Å². The standard InChI is InChI=1S/C11H14FN3O3/c1-7-5-8(15(17)18)6-9(10(7)12)11(16)14-4-2-3-13/h5-6H,2-4,13H2,1H3,(H,14,16). The van der Waals surface area contributed by atoms with E-state index in [9.17, 15) is 19.3 Å². The van der Waals surface area contributed by atoms with Gasteiger partial charge in [-0.25, -0.2) is 4.39 Å². The Morgan fingerprint density at radius 1 is 1.56 bits per heavy atom. The molecule has 0 aliphatic rings. The maximum absolute atomic E-state index is 13.7. The van der Waals surface area contributed by atoms with Gasteiger partial charge in [0.05, 0.1) is 10.5 Å². The summed E-state index contributed by atoms with van der Waals surface area (Å²) >= 11 is 0. The highest BCUT2D eigenvalue weighted by Gasteiger charge is 2.19. The molecule has 1 rings (SSSR count). The monoisotopic (exact) mass is 255 g/mol. The first-order valence-electron chi connectivity index (χ1n) is 5.40. The van der Waals surface area contributed by atoms with Crippen LogP contribution in [0, 0.1) is 22.9 Å². The SMILES string of the molecule is Cc1cc([N+](=O)[O-])cc(C(=O)NCCCN)c1F. The van der Waals surface area contributed by atoms with E-state index in [4.69, 9.17) is 5.73 Å². The van der Waals surface area contributed by atoms with E-state index >= 15 is 0 Å². The maximum Gasteiger partial charge on any atom is 0.270 e. The summed E-state index contributed by atoms with van der Waals surface area (Å²) in [7, 11) is 0. The van der Waals surface area contributed by atoms with Gasteiger partial charge >= 0.3 is 0 Å². The first-order valence-corrected chi connectivity index (χ1v) is 5.40. The highest BCUT2D eigenvalue weighted by Crippen LogP contribution is 2.20. The van der Waals surface area contributed by atoms with E-state index in [0.717, 1.165) is 12.1 Å². The fourth-order valence-electron chi connectivity index (χ4n) is 1.42. The van der Waals surface area contributed by atoms with Gasteiger partial charge in [0.15, 0.2) is 0 Å². The number of nitro benzene ring substituents is 1. The van der Waals surface area contributed by atoms with Gasteiger partial charge in [0.2, 0.25) is 0 Å². The number of nitrogens with one attached hydrogen (secondary N) is 1. The van der Waals surface area contributed by atoms with E-state index in [1.165, 1.54) is 6.92 Å². The predicted octanol–water partition coefficient (Wildman–Crippen LogP) is 1.12. The van der Waals surface area contributed by atoms with Crippen molar-refractivity contribution >= 4 is 11.6 Å². The van der Waals surface area contributed by atoms with Crippen molar-refractivity contribution in [2.75, 3.05) is 13.1 Å². The molecule has 0 unspecified atom stereocenters. The Morgan fingerprint density at radius 3 is 2.78 bits per heavy atom. The Morgan fingerprint density at radius 2 is 2.22 bits per heavy atom. The Labute approximate surface area is 103 Å². The molecule has 6 nitrogen and oxygen atoms in total. The average molecular weight is 255 g/mol. The van der Waals surface area contributed by atoms with Crippen LogP contribution in [0.4, 0.5) is 10.1 Å². The minimum absolute atomic E-state index is 0.0631. The van der Waals surface area contributed by atoms with Crippen LogP contribution in [0.15, 0.2) is 12.1 Å². The first kappa shape index (κ1) is 14.0. The molecular formula is C11H14FN3O3. The summed E-state index contributed by atoms with van der Waals surface area (Å²) in [5.41, 5.74) is 4.69. The summed E-state index contributed by atoms with van der Waals surface area (Å²) in [4.78, 5) is 21.6. The second-order valence-corrected chi connectivity index (χ2v) is 3.78. The van der Waals surface area contributed by atoms with Crippen LogP contribution in [0.3, 0.4) is 0 Å². The molecule has 0 spiro atoms. The molecule has 1 aromatic rings. The lowest BCUT2D eigenvalue weighted by atomic mass is 10.1. The molecule has 3 N–H and O–H groups in total. The quantitative estimate of drug-likeness (QED) is 0.468. The van der Waals surface area contributed by atoms with Gasteiger partial charge < -0.3 is 11.1 Å². The number of carbonyl (C=O) groups is 1. The highest BCUT2D eigenvalue weighted by molar-refractivity contribution is 5.95. The second kappa shape index (κ2) is 6.06. The minimum atomic E-state index is -0.745. The van der Waals surface area contributed by atoms with Crippen LogP contribution in [0.1, 0.15) is 22.3 Å². The lowest BCUT2D eigenvalue weighted by molar-refractivity contribution is -0.385. The summed E-state index contributed by atoms with van der Waals surface area (Å²) in [6.07, 6.45) is 0.557. The van der Waals surface area contributed by atoms with Crippen LogP contribution in [-0.4, -0.2) is 23.9 Å². The van der Waals surface area contributed by atoms with Gasteiger partial charge in [-0.15, -0.1) is 0 Å². The Bertz CT molecular complexity index is 477. The number of nitro groups is 1.